The molecule has 0 aliphatic rings. The fraction of sp³-hybridized carbons (Fsp3) is 0.250. The van der Waals surface area contributed by atoms with Crippen LogP contribution >= 0.6 is 15.9 Å². The standard InChI is InChI=1S/C8H9BrN2O/c1-10-8(12)5-7-4-6(9)2-3-11-7/h2-4H,5H2,1H3,(H,10,12). The minimum absolute atomic E-state index is 0.0272. The summed E-state index contributed by atoms with van der Waals surface area (Å²) in [5.74, 6) is -0.0272. The van der Waals surface area contributed by atoms with Gasteiger partial charge in [-0.1, -0.05) is 15.9 Å². The molecule has 0 unspecified atom stereocenters. The molecule has 1 aromatic rings. The van der Waals surface area contributed by atoms with Gasteiger partial charge in [0.05, 0.1) is 12.1 Å². The highest BCUT2D eigenvalue weighted by atomic mass is 79.9. The topological polar surface area (TPSA) is 42.0 Å². The van der Waals surface area contributed by atoms with Gasteiger partial charge in [-0.3, -0.25) is 9.78 Å². The first-order valence-electron chi connectivity index (χ1n) is 3.53. The van der Waals surface area contributed by atoms with Crippen LogP contribution in [0, 0.1) is 0 Å². The van der Waals surface area contributed by atoms with Crippen molar-refractivity contribution in [3.63, 3.8) is 0 Å². The van der Waals surface area contributed by atoms with Crippen molar-refractivity contribution >= 4 is 21.8 Å². The molecule has 0 saturated heterocycles. The highest BCUT2D eigenvalue weighted by Gasteiger charge is 2.01. The summed E-state index contributed by atoms with van der Waals surface area (Å²) in [6.07, 6.45) is 2.00. The number of amides is 1. The van der Waals surface area contributed by atoms with Gasteiger partial charge in [-0.05, 0) is 12.1 Å². The third kappa shape index (κ3) is 2.62. The van der Waals surface area contributed by atoms with E-state index in [1.165, 1.54) is 0 Å². The second-order valence-electron chi connectivity index (χ2n) is 2.32. The number of aromatic nitrogens is 1. The zero-order valence-corrected chi connectivity index (χ0v) is 8.26. The average molecular weight is 229 g/mol. The van der Waals surface area contributed by atoms with Crippen LogP contribution in [0.2, 0.25) is 0 Å². The molecule has 3 nitrogen and oxygen atoms in total. The summed E-state index contributed by atoms with van der Waals surface area (Å²) in [4.78, 5) is 15.0. The molecule has 0 radical (unpaired) electrons. The first kappa shape index (κ1) is 9.19. The Labute approximate surface area is 79.3 Å². The Kier molecular flexibility index (Phi) is 3.22. The minimum Gasteiger partial charge on any atom is -0.359 e. The van der Waals surface area contributed by atoms with Crippen molar-refractivity contribution in [1.29, 1.82) is 0 Å². The van der Waals surface area contributed by atoms with Crippen LogP contribution in [0.5, 0.6) is 0 Å². The molecule has 12 heavy (non-hydrogen) atoms. The van der Waals surface area contributed by atoms with Crippen molar-refractivity contribution in [1.82, 2.24) is 10.3 Å². The van der Waals surface area contributed by atoms with Crippen LogP contribution in [-0.4, -0.2) is 17.9 Å². The van der Waals surface area contributed by atoms with E-state index in [1.54, 1.807) is 13.2 Å². The smallest absolute Gasteiger partial charge is 0.225 e. The normalized spacial score (nSPS) is 9.50. The second-order valence-corrected chi connectivity index (χ2v) is 3.23. The lowest BCUT2D eigenvalue weighted by Crippen LogP contribution is -2.20. The van der Waals surface area contributed by atoms with E-state index < -0.39 is 0 Å². The first-order chi connectivity index (χ1) is 5.72. The van der Waals surface area contributed by atoms with Gasteiger partial charge in [0.15, 0.2) is 0 Å². The van der Waals surface area contributed by atoms with Gasteiger partial charge in [0.1, 0.15) is 0 Å². The first-order valence-corrected chi connectivity index (χ1v) is 4.32. The van der Waals surface area contributed by atoms with E-state index in [2.05, 4.69) is 26.2 Å². The lowest BCUT2D eigenvalue weighted by Gasteiger charge is -1.98. The molecule has 0 spiro atoms. The number of rotatable bonds is 2. The number of likely N-dealkylation sites (N-methyl/N-ethyl adjacent to an activating group) is 1. The molecular formula is C8H9BrN2O. The van der Waals surface area contributed by atoms with Gasteiger partial charge in [0.2, 0.25) is 5.91 Å². The zero-order valence-electron chi connectivity index (χ0n) is 6.67. The monoisotopic (exact) mass is 228 g/mol. The van der Waals surface area contributed by atoms with Crippen LogP contribution in [0.1, 0.15) is 5.69 Å². The third-order valence-corrected chi connectivity index (χ3v) is 1.89. The van der Waals surface area contributed by atoms with Gasteiger partial charge in [0.25, 0.3) is 0 Å². The Morgan fingerprint density at radius 3 is 3.08 bits per heavy atom. The van der Waals surface area contributed by atoms with Crippen LogP contribution in [0.4, 0.5) is 0 Å². The lowest BCUT2D eigenvalue weighted by molar-refractivity contribution is -0.120. The fourth-order valence-electron chi connectivity index (χ4n) is 0.798. The van der Waals surface area contributed by atoms with E-state index in [-0.39, 0.29) is 5.91 Å². The number of nitrogens with zero attached hydrogens (tertiary/aromatic N) is 1. The van der Waals surface area contributed by atoms with Crippen LogP contribution in [-0.2, 0) is 11.2 Å². The van der Waals surface area contributed by atoms with Crippen LogP contribution in [0.15, 0.2) is 22.8 Å². The van der Waals surface area contributed by atoms with E-state index in [1.807, 2.05) is 12.1 Å². The summed E-state index contributed by atoms with van der Waals surface area (Å²) in [7, 11) is 1.61. The Balaban J connectivity index is 2.69. The average Bonchev–Trinajstić information content (AvgIpc) is 2.04. The molecular weight excluding hydrogens is 220 g/mol. The molecule has 0 fully saturated rings. The van der Waals surface area contributed by atoms with Gasteiger partial charge in [-0.25, -0.2) is 0 Å². The van der Waals surface area contributed by atoms with Crippen LogP contribution in [0.3, 0.4) is 0 Å². The summed E-state index contributed by atoms with van der Waals surface area (Å²) >= 11 is 3.30. The van der Waals surface area contributed by atoms with E-state index in [9.17, 15) is 4.79 Å². The van der Waals surface area contributed by atoms with Crippen molar-refractivity contribution in [3.05, 3.63) is 28.5 Å². The minimum atomic E-state index is -0.0272. The molecule has 1 N–H and O–H groups in total. The Morgan fingerprint density at radius 1 is 1.75 bits per heavy atom. The number of carbonyl (C=O) groups is 1. The highest BCUT2D eigenvalue weighted by Crippen LogP contribution is 2.09. The van der Waals surface area contributed by atoms with E-state index in [4.69, 9.17) is 0 Å². The maximum Gasteiger partial charge on any atom is 0.225 e. The quantitative estimate of drug-likeness (QED) is 0.825. The summed E-state index contributed by atoms with van der Waals surface area (Å²) in [6, 6.07) is 3.66. The molecule has 1 aromatic heterocycles. The predicted molar refractivity (Wildman–Crippen MR) is 49.7 cm³/mol. The molecule has 0 aliphatic carbocycles. The largest absolute Gasteiger partial charge is 0.359 e. The molecule has 0 bridgehead atoms. The Bertz CT molecular complexity index is 288. The van der Waals surface area contributed by atoms with Crippen molar-refractivity contribution in [2.45, 2.75) is 6.42 Å². The van der Waals surface area contributed by atoms with Crippen molar-refractivity contribution < 1.29 is 4.79 Å². The molecule has 4 heteroatoms. The lowest BCUT2D eigenvalue weighted by atomic mass is 10.2. The van der Waals surface area contributed by atoms with Gasteiger partial charge >= 0.3 is 0 Å². The molecule has 1 rings (SSSR count). The molecule has 64 valence electrons. The van der Waals surface area contributed by atoms with Crippen molar-refractivity contribution in [2.24, 2.45) is 0 Å². The number of carbonyl (C=O) groups excluding carboxylic acids is 1. The molecule has 0 aliphatic heterocycles. The van der Waals surface area contributed by atoms with Gasteiger partial charge in [-0.2, -0.15) is 0 Å². The van der Waals surface area contributed by atoms with E-state index in [0.717, 1.165) is 10.2 Å². The third-order valence-electron chi connectivity index (χ3n) is 1.40. The fourth-order valence-corrected chi connectivity index (χ4v) is 1.18. The SMILES string of the molecule is CNC(=O)Cc1cc(Br)ccn1. The van der Waals surface area contributed by atoms with Crippen molar-refractivity contribution in [3.8, 4) is 0 Å². The van der Waals surface area contributed by atoms with E-state index >= 15 is 0 Å². The maximum absolute atomic E-state index is 10.9. The number of pyridine rings is 1. The van der Waals surface area contributed by atoms with E-state index in [0.29, 0.717) is 6.42 Å². The summed E-state index contributed by atoms with van der Waals surface area (Å²) < 4.78 is 0.941. The second kappa shape index (κ2) is 4.21. The van der Waals surface area contributed by atoms with Gasteiger partial charge in [-0.15, -0.1) is 0 Å². The summed E-state index contributed by atoms with van der Waals surface area (Å²) in [5, 5.41) is 2.54. The van der Waals surface area contributed by atoms with Crippen molar-refractivity contribution in [2.75, 3.05) is 7.05 Å². The van der Waals surface area contributed by atoms with Gasteiger partial charge < -0.3 is 5.32 Å². The zero-order chi connectivity index (χ0) is 8.97. The van der Waals surface area contributed by atoms with Crippen LogP contribution in [0.25, 0.3) is 0 Å². The molecule has 0 atom stereocenters. The predicted octanol–water partition coefficient (Wildman–Crippen LogP) is 1.13. The molecule has 0 saturated carbocycles. The number of hydrogen-bond donors (Lipinski definition) is 1. The molecule has 1 amide bonds. The Hall–Kier alpha value is -0.900. The number of hydrogen-bond acceptors (Lipinski definition) is 2. The molecule has 1 heterocycles. The Morgan fingerprint density at radius 2 is 2.50 bits per heavy atom. The maximum atomic E-state index is 10.9. The van der Waals surface area contributed by atoms with Gasteiger partial charge in [0, 0.05) is 17.7 Å². The number of halogens is 1. The summed E-state index contributed by atoms with van der Waals surface area (Å²) in [6.45, 7) is 0. The number of nitrogens with one attached hydrogen (secondary N) is 1. The highest BCUT2D eigenvalue weighted by molar-refractivity contribution is 9.10. The summed E-state index contributed by atoms with van der Waals surface area (Å²) in [5.41, 5.74) is 0.767. The van der Waals surface area contributed by atoms with Crippen LogP contribution < -0.4 is 5.32 Å². The molecule has 0 aromatic carbocycles.